The van der Waals surface area contributed by atoms with Gasteiger partial charge in [-0.05, 0) is 25.9 Å². The number of anilines is 1. The van der Waals surface area contributed by atoms with E-state index in [0.29, 0.717) is 11.6 Å². The largest absolute Gasteiger partial charge is 0.317 e. The number of nitrogens with one attached hydrogen (secondary N) is 2. The van der Waals surface area contributed by atoms with Crippen LogP contribution in [-0.2, 0) is 10.0 Å². The lowest BCUT2D eigenvalue weighted by Crippen LogP contribution is -2.19. The average Bonchev–Trinajstić information content (AvgIpc) is 2.69. The van der Waals surface area contributed by atoms with Crippen LogP contribution in [0, 0.1) is 0 Å². The molecule has 0 unspecified atom stereocenters. The maximum atomic E-state index is 11.5. The number of aromatic nitrogens is 2. The van der Waals surface area contributed by atoms with Crippen LogP contribution in [0.3, 0.4) is 0 Å². The molecule has 0 saturated heterocycles. The van der Waals surface area contributed by atoms with E-state index in [4.69, 9.17) is 0 Å². The molecule has 0 aromatic carbocycles. The predicted octanol–water partition coefficient (Wildman–Crippen LogP) is 0.669. The van der Waals surface area contributed by atoms with Gasteiger partial charge in [0.1, 0.15) is 5.51 Å². The van der Waals surface area contributed by atoms with E-state index in [2.05, 4.69) is 20.2 Å². The molecule has 0 spiro atoms. The van der Waals surface area contributed by atoms with E-state index in [0.717, 1.165) is 19.5 Å². The summed E-state index contributed by atoms with van der Waals surface area (Å²) in [5.41, 5.74) is 1.49. The quantitative estimate of drug-likeness (QED) is 0.674. The van der Waals surface area contributed by atoms with Crippen molar-refractivity contribution in [3.63, 3.8) is 0 Å². The smallest absolute Gasteiger partial charge is 0.234 e. The molecule has 0 saturated carbocycles. The van der Waals surface area contributed by atoms with E-state index in [1.165, 1.54) is 16.8 Å². The topological polar surface area (TPSA) is 84.0 Å². The summed E-state index contributed by atoms with van der Waals surface area (Å²) >= 11 is 1.17. The summed E-state index contributed by atoms with van der Waals surface area (Å²) < 4.78 is 25.5. The van der Waals surface area contributed by atoms with Crippen molar-refractivity contribution >= 4 is 26.5 Å². The van der Waals surface area contributed by atoms with Gasteiger partial charge in [-0.1, -0.05) is 18.3 Å². The monoisotopic (exact) mass is 264 g/mol. The molecule has 0 aliphatic heterocycles. The van der Waals surface area contributed by atoms with Gasteiger partial charge < -0.3 is 5.32 Å². The summed E-state index contributed by atoms with van der Waals surface area (Å²) in [7, 11) is -3.26. The van der Waals surface area contributed by atoms with Crippen LogP contribution < -0.4 is 10.0 Å². The minimum absolute atomic E-state index is 0.123. The van der Waals surface area contributed by atoms with Gasteiger partial charge in [-0.25, -0.2) is 8.42 Å². The summed E-state index contributed by atoms with van der Waals surface area (Å²) in [5.74, 6) is 0.123. The number of hydrogen-bond acceptors (Lipinski definition) is 6. The van der Waals surface area contributed by atoms with E-state index in [9.17, 15) is 8.42 Å². The molecule has 0 aliphatic carbocycles. The first-order chi connectivity index (χ1) is 7.64. The standard InChI is InChI=1S/C8H16N4O2S2/c1-2-9-5-3-4-6-16(13,14)12-8-11-10-7-15-8/h7,9H,2-6H2,1H3,(H,11,12). The predicted molar refractivity (Wildman–Crippen MR) is 65.1 cm³/mol. The molecule has 0 fully saturated rings. The lowest BCUT2D eigenvalue weighted by molar-refractivity contribution is 0.593. The summed E-state index contributed by atoms with van der Waals surface area (Å²) in [6.07, 6.45) is 1.49. The Morgan fingerprint density at radius 3 is 2.88 bits per heavy atom. The fourth-order valence-corrected chi connectivity index (χ4v) is 2.98. The van der Waals surface area contributed by atoms with Gasteiger partial charge in [0, 0.05) is 0 Å². The summed E-state index contributed by atoms with van der Waals surface area (Å²) in [6, 6.07) is 0. The Morgan fingerprint density at radius 2 is 2.25 bits per heavy atom. The lowest BCUT2D eigenvalue weighted by atomic mass is 10.3. The highest BCUT2D eigenvalue weighted by atomic mass is 32.2. The number of hydrogen-bond donors (Lipinski definition) is 2. The zero-order chi connectivity index (χ0) is 11.9. The van der Waals surface area contributed by atoms with E-state index >= 15 is 0 Å². The van der Waals surface area contributed by atoms with E-state index in [1.54, 1.807) is 0 Å². The molecule has 0 aliphatic rings. The Kier molecular flexibility index (Phi) is 5.64. The molecular formula is C8H16N4O2S2. The Labute approximate surface area is 99.5 Å². The van der Waals surface area contributed by atoms with Crippen LogP contribution in [0.25, 0.3) is 0 Å². The Bertz CT molecular complexity index is 377. The molecule has 0 radical (unpaired) electrons. The van der Waals surface area contributed by atoms with Crippen LogP contribution in [-0.4, -0.2) is 37.5 Å². The minimum atomic E-state index is -3.26. The third-order valence-corrected chi connectivity index (χ3v) is 3.94. The SMILES string of the molecule is CCNCCCCS(=O)(=O)Nc1nncs1. The second-order valence-corrected chi connectivity index (χ2v) is 5.90. The zero-order valence-electron chi connectivity index (χ0n) is 9.14. The van der Waals surface area contributed by atoms with Crippen molar-refractivity contribution in [3.8, 4) is 0 Å². The number of rotatable bonds is 8. The molecule has 1 aromatic heterocycles. The molecule has 1 aromatic rings. The first-order valence-corrected chi connectivity index (χ1v) is 7.64. The van der Waals surface area contributed by atoms with Crippen LogP contribution in [0.1, 0.15) is 19.8 Å². The Morgan fingerprint density at radius 1 is 1.44 bits per heavy atom. The van der Waals surface area contributed by atoms with Crippen LogP contribution in [0.15, 0.2) is 5.51 Å². The zero-order valence-corrected chi connectivity index (χ0v) is 10.8. The molecule has 92 valence electrons. The van der Waals surface area contributed by atoms with E-state index in [1.807, 2.05) is 6.92 Å². The van der Waals surface area contributed by atoms with Crippen molar-refractivity contribution in [2.45, 2.75) is 19.8 Å². The minimum Gasteiger partial charge on any atom is -0.317 e. The normalized spacial score (nSPS) is 11.6. The summed E-state index contributed by atoms with van der Waals surface area (Å²) in [4.78, 5) is 0. The first kappa shape index (κ1) is 13.3. The van der Waals surface area contributed by atoms with Gasteiger partial charge in [-0.15, -0.1) is 10.2 Å². The van der Waals surface area contributed by atoms with E-state index in [-0.39, 0.29) is 5.75 Å². The van der Waals surface area contributed by atoms with Crippen molar-refractivity contribution < 1.29 is 8.42 Å². The molecule has 1 rings (SSSR count). The third-order valence-electron chi connectivity index (χ3n) is 1.87. The van der Waals surface area contributed by atoms with Crippen molar-refractivity contribution in [3.05, 3.63) is 5.51 Å². The fraction of sp³-hybridized carbons (Fsp3) is 0.750. The van der Waals surface area contributed by atoms with Gasteiger partial charge in [0.15, 0.2) is 0 Å². The van der Waals surface area contributed by atoms with E-state index < -0.39 is 10.0 Å². The molecule has 0 amide bonds. The summed E-state index contributed by atoms with van der Waals surface area (Å²) in [5, 5.41) is 10.7. The van der Waals surface area contributed by atoms with Crippen LogP contribution >= 0.6 is 11.3 Å². The molecular weight excluding hydrogens is 248 g/mol. The molecule has 2 N–H and O–H groups in total. The van der Waals surface area contributed by atoms with Gasteiger partial charge in [-0.3, -0.25) is 4.72 Å². The maximum absolute atomic E-state index is 11.5. The number of unbranched alkanes of at least 4 members (excludes halogenated alkanes) is 1. The Balaban J connectivity index is 2.24. The molecule has 8 heteroatoms. The molecule has 1 heterocycles. The molecule has 6 nitrogen and oxygen atoms in total. The third kappa shape index (κ3) is 5.38. The number of sulfonamides is 1. The molecule has 0 atom stereocenters. The van der Waals surface area contributed by atoms with Crippen LogP contribution in [0.5, 0.6) is 0 Å². The summed E-state index contributed by atoms with van der Waals surface area (Å²) in [6.45, 7) is 3.79. The fourth-order valence-electron chi connectivity index (χ4n) is 1.12. The second kappa shape index (κ2) is 6.77. The van der Waals surface area contributed by atoms with Crippen LogP contribution in [0.4, 0.5) is 5.13 Å². The molecule has 16 heavy (non-hydrogen) atoms. The first-order valence-electron chi connectivity index (χ1n) is 5.11. The highest BCUT2D eigenvalue weighted by Gasteiger charge is 2.11. The average molecular weight is 264 g/mol. The highest BCUT2D eigenvalue weighted by Crippen LogP contribution is 2.11. The van der Waals surface area contributed by atoms with Crippen LogP contribution in [0.2, 0.25) is 0 Å². The van der Waals surface area contributed by atoms with Crippen molar-refractivity contribution in [1.82, 2.24) is 15.5 Å². The Hall–Kier alpha value is -0.730. The van der Waals surface area contributed by atoms with Crippen molar-refractivity contribution in [2.75, 3.05) is 23.6 Å². The van der Waals surface area contributed by atoms with Gasteiger partial charge in [0.25, 0.3) is 0 Å². The van der Waals surface area contributed by atoms with Gasteiger partial charge in [0.05, 0.1) is 5.75 Å². The van der Waals surface area contributed by atoms with Crippen molar-refractivity contribution in [2.24, 2.45) is 0 Å². The second-order valence-electron chi connectivity index (χ2n) is 3.23. The van der Waals surface area contributed by atoms with Gasteiger partial charge in [0.2, 0.25) is 15.2 Å². The van der Waals surface area contributed by atoms with Gasteiger partial charge in [-0.2, -0.15) is 0 Å². The number of nitrogens with zero attached hydrogens (tertiary/aromatic N) is 2. The highest BCUT2D eigenvalue weighted by molar-refractivity contribution is 7.92. The van der Waals surface area contributed by atoms with Crippen molar-refractivity contribution in [1.29, 1.82) is 0 Å². The lowest BCUT2D eigenvalue weighted by Gasteiger charge is -2.04. The molecule has 0 bridgehead atoms. The maximum Gasteiger partial charge on any atom is 0.234 e. The van der Waals surface area contributed by atoms with Gasteiger partial charge >= 0.3 is 0 Å².